The molecular formula is C24H27N3O2. The average Bonchev–Trinajstić information content (AvgIpc) is 3.06. The Bertz CT molecular complexity index is 1020. The molecule has 0 unspecified atom stereocenters. The summed E-state index contributed by atoms with van der Waals surface area (Å²) < 4.78 is 7.37. The van der Waals surface area contributed by atoms with Crippen LogP contribution in [0, 0.1) is 6.92 Å². The van der Waals surface area contributed by atoms with E-state index in [1.165, 1.54) is 22.4 Å². The third-order valence-corrected chi connectivity index (χ3v) is 5.62. The molecule has 1 amide bonds. The van der Waals surface area contributed by atoms with Gasteiger partial charge in [0, 0.05) is 38.8 Å². The second-order valence-corrected chi connectivity index (χ2v) is 7.66. The van der Waals surface area contributed by atoms with E-state index in [1.807, 2.05) is 41.9 Å². The molecule has 0 saturated carbocycles. The van der Waals surface area contributed by atoms with Crippen molar-refractivity contribution in [2.45, 2.75) is 26.4 Å². The Morgan fingerprint density at radius 1 is 1.14 bits per heavy atom. The number of nitrogens with one attached hydrogen (secondary N) is 1. The van der Waals surface area contributed by atoms with E-state index < -0.39 is 0 Å². The molecule has 1 aliphatic rings. The van der Waals surface area contributed by atoms with Gasteiger partial charge in [0.05, 0.1) is 12.8 Å². The molecule has 5 heteroatoms. The molecule has 150 valence electrons. The van der Waals surface area contributed by atoms with Crippen LogP contribution in [-0.2, 0) is 26.6 Å². The van der Waals surface area contributed by atoms with Crippen LogP contribution in [0.4, 0.5) is 5.69 Å². The predicted molar refractivity (Wildman–Crippen MR) is 115 cm³/mol. The molecule has 0 fully saturated rings. The monoisotopic (exact) mass is 389 g/mol. The van der Waals surface area contributed by atoms with Crippen molar-refractivity contribution < 1.29 is 9.53 Å². The zero-order valence-electron chi connectivity index (χ0n) is 17.2. The summed E-state index contributed by atoms with van der Waals surface area (Å²) in [5, 5.41) is 2.99. The number of hydrogen-bond donors (Lipinski definition) is 1. The highest BCUT2D eigenvalue weighted by Gasteiger charge is 2.24. The normalized spacial score (nSPS) is 13.8. The number of hydrogen-bond acceptors (Lipinski definition) is 3. The molecule has 3 aromatic rings. The molecule has 1 aromatic heterocycles. The predicted octanol–water partition coefficient (Wildman–Crippen LogP) is 4.15. The molecule has 0 spiro atoms. The Labute approximate surface area is 171 Å². The van der Waals surface area contributed by atoms with Crippen LogP contribution in [0.3, 0.4) is 0 Å². The van der Waals surface area contributed by atoms with E-state index in [0.29, 0.717) is 17.1 Å². The summed E-state index contributed by atoms with van der Waals surface area (Å²) in [6.45, 7) is 4.89. The van der Waals surface area contributed by atoms with Gasteiger partial charge in [-0.25, -0.2) is 0 Å². The van der Waals surface area contributed by atoms with E-state index in [0.717, 1.165) is 26.1 Å². The van der Waals surface area contributed by atoms with Gasteiger partial charge < -0.3 is 14.6 Å². The minimum atomic E-state index is -0.114. The molecule has 5 nitrogen and oxygen atoms in total. The van der Waals surface area contributed by atoms with Gasteiger partial charge in [-0.2, -0.15) is 0 Å². The van der Waals surface area contributed by atoms with E-state index in [2.05, 4.69) is 41.4 Å². The van der Waals surface area contributed by atoms with Crippen LogP contribution in [0.2, 0.25) is 0 Å². The molecule has 0 radical (unpaired) electrons. The summed E-state index contributed by atoms with van der Waals surface area (Å²) in [7, 11) is 3.58. The number of amides is 1. The number of ether oxygens (including phenoxy) is 1. The number of nitrogens with zero attached hydrogens (tertiary/aromatic N) is 2. The number of rotatable bonds is 5. The standard InChI is InChI=1S/C24H27N3O2/c1-17-8-10-18(11-9-17)15-27-13-12-21-19(16-27)14-22(26(21)2)24(28)25-20-6-4-5-7-23(20)29-3/h4-11,14H,12-13,15-16H2,1-3H3,(H,25,28). The second kappa shape index (κ2) is 8.13. The highest BCUT2D eigenvalue weighted by molar-refractivity contribution is 6.04. The number of carbonyl (C=O) groups excluding carboxylic acids is 1. The Balaban J connectivity index is 1.50. The number of anilines is 1. The molecule has 1 aliphatic heterocycles. The first-order valence-corrected chi connectivity index (χ1v) is 9.95. The van der Waals surface area contributed by atoms with Gasteiger partial charge in [0.25, 0.3) is 5.91 Å². The molecule has 0 saturated heterocycles. The Hall–Kier alpha value is -3.05. The molecule has 2 aromatic carbocycles. The third-order valence-electron chi connectivity index (χ3n) is 5.62. The van der Waals surface area contributed by atoms with E-state index in [1.54, 1.807) is 7.11 Å². The van der Waals surface area contributed by atoms with Gasteiger partial charge in [0.1, 0.15) is 11.4 Å². The first-order valence-electron chi connectivity index (χ1n) is 9.95. The maximum absolute atomic E-state index is 12.9. The van der Waals surface area contributed by atoms with Crippen LogP contribution >= 0.6 is 0 Å². The van der Waals surface area contributed by atoms with Crippen molar-refractivity contribution in [3.63, 3.8) is 0 Å². The molecular weight excluding hydrogens is 362 g/mol. The van der Waals surface area contributed by atoms with Crippen molar-refractivity contribution in [1.82, 2.24) is 9.47 Å². The van der Waals surface area contributed by atoms with E-state index >= 15 is 0 Å². The zero-order chi connectivity index (χ0) is 20.4. The van der Waals surface area contributed by atoms with Crippen LogP contribution in [-0.4, -0.2) is 29.0 Å². The van der Waals surface area contributed by atoms with Crippen molar-refractivity contribution in [2.24, 2.45) is 7.05 Å². The van der Waals surface area contributed by atoms with Crippen molar-refractivity contribution in [1.29, 1.82) is 0 Å². The number of carbonyl (C=O) groups is 1. The van der Waals surface area contributed by atoms with Gasteiger partial charge >= 0.3 is 0 Å². The largest absolute Gasteiger partial charge is 0.495 e. The highest BCUT2D eigenvalue weighted by Crippen LogP contribution is 2.27. The van der Waals surface area contributed by atoms with Crippen molar-refractivity contribution in [3.05, 3.63) is 82.7 Å². The summed E-state index contributed by atoms with van der Waals surface area (Å²) in [5.41, 5.74) is 6.44. The van der Waals surface area contributed by atoms with Crippen LogP contribution in [0.1, 0.15) is 32.9 Å². The summed E-state index contributed by atoms with van der Waals surface area (Å²) in [6, 6.07) is 18.2. The summed E-state index contributed by atoms with van der Waals surface area (Å²) in [5.74, 6) is 0.542. The lowest BCUT2D eigenvalue weighted by molar-refractivity contribution is 0.101. The lowest BCUT2D eigenvalue weighted by atomic mass is 10.1. The minimum Gasteiger partial charge on any atom is -0.495 e. The van der Waals surface area contributed by atoms with Gasteiger partial charge in [0.15, 0.2) is 0 Å². The van der Waals surface area contributed by atoms with Crippen molar-refractivity contribution in [3.8, 4) is 5.75 Å². The van der Waals surface area contributed by atoms with Gasteiger partial charge in [-0.05, 0) is 36.2 Å². The Morgan fingerprint density at radius 2 is 1.90 bits per heavy atom. The average molecular weight is 389 g/mol. The zero-order valence-corrected chi connectivity index (χ0v) is 17.2. The number of benzene rings is 2. The Morgan fingerprint density at radius 3 is 2.66 bits per heavy atom. The quantitative estimate of drug-likeness (QED) is 0.713. The van der Waals surface area contributed by atoms with Gasteiger partial charge in [-0.15, -0.1) is 0 Å². The van der Waals surface area contributed by atoms with Crippen molar-refractivity contribution >= 4 is 11.6 Å². The molecule has 0 atom stereocenters. The van der Waals surface area contributed by atoms with E-state index in [4.69, 9.17) is 4.74 Å². The number of aryl methyl sites for hydroxylation is 1. The SMILES string of the molecule is COc1ccccc1NC(=O)c1cc2c(n1C)CCN(Cc1ccc(C)cc1)C2. The molecule has 1 N–H and O–H groups in total. The third kappa shape index (κ3) is 4.05. The second-order valence-electron chi connectivity index (χ2n) is 7.66. The van der Waals surface area contributed by atoms with Crippen LogP contribution < -0.4 is 10.1 Å². The first kappa shape index (κ1) is 19.3. The lowest BCUT2D eigenvalue weighted by Crippen LogP contribution is -2.30. The summed E-state index contributed by atoms with van der Waals surface area (Å²) in [6.07, 6.45) is 0.944. The molecule has 0 aliphatic carbocycles. The van der Waals surface area contributed by atoms with Gasteiger partial charge in [-0.3, -0.25) is 9.69 Å². The maximum Gasteiger partial charge on any atom is 0.272 e. The fourth-order valence-electron chi connectivity index (χ4n) is 3.99. The number of fused-ring (bicyclic) bond motifs is 1. The number of methoxy groups -OCH3 is 1. The van der Waals surface area contributed by atoms with Gasteiger partial charge in [0.2, 0.25) is 0 Å². The lowest BCUT2D eigenvalue weighted by Gasteiger charge is -2.27. The van der Waals surface area contributed by atoms with Crippen LogP contribution in [0.25, 0.3) is 0 Å². The molecule has 2 heterocycles. The smallest absolute Gasteiger partial charge is 0.272 e. The fourth-order valence-corrected chi connectivity index (χ4v) is 3.99. The Kier molecular flexibility index (Phi) is 5.41. The fraction of sp³-hybridized carbons (Fsp3) is 0.292. The van der Waals surface area contributed by atoms with E-state index in [-0.39, 0.29) is 5.91 Å². The molecule has 4 rings (SSSR count). The summed E-state index contributed by atoms with van der Waals surface area (Å²) >= 11 is 0. The van der Waals surface area contributed by atoms with E-state index in [9.17, 15) is 4.79 Å². The van der Waals surface area contributed by atoms with Crippen molar-refractivity contribution in [2.75, 3.05) is 19.0 Å². The van der Waals surface area contributed by atoms with Crippen LogP contribution in [0.15, 0.2) is 54.6 Å². The first-order chi connectivity index (χ1) is 14.0. The minimum absolute atomic E-state index is 0.114. The van der Waals surface area contributed by atoms with Gasteiger partial charge in [-0.1, -0.05) is 42.0 Å². The number of aromatic nitrogens is 1. The highest BCUT2D eigenvalue weighted by atomic mass is 16.5. The van der Waals surface area contributed by atoms with Crippen LogP contribution in [0.5, 0.6) is 5.75 Å². The molecule has 29 heavy (non-hydrogen) atoms. The summed E-state index contributed by atoms with van der Waals surface area (Å²) in [4.78, 5) is 15.4. The number of para-hydroxylation sites is 2. The maximum atomic E-state index is 12.9. The topological polar surface area (TPSA) is 46.5 Å². The molecule has 0 bridgehead atoms.